The number of fused-ring (bicyclic) bond motifs is 4. The summed E-state index contributed by atoms with van der Waals surface area (Å²) in [5, 5.41) is 0. The van der Waals surface area contributed by atoms with Crippen molar-refractivity contribution in [3.05, 3.63) is 94.3 Å². The lowest BCUT2D eigenvalue weighted by Crippen LogP contribution is -2.30. The van der Waals surface area contributed by atoms with Crippen LogP contribution in [0.2, 0.25) is 0 Å². The normalized spacial score (nSPS) is 21.5. The molecule has 240 valence electrons. The number of anilines is 1. The van der Waals surface area contributed by atoms with Crippen LogP contribution in [-0.4, -0.2) is 47.1 Å². The number of allylic oxidation sites excluding steroid dienone is 1. The van der Waals surface area contributed by atoms with Crippen LogP contribution in [0, 0.1) is 17.2 Å². The molecular formula is C37H45FN2O4S. The molecule has 2 unspecified atom stereocenters. The number of hydrogen-bond acceptors (Lipinski definition) is 6. The fraction of sp³-hybridized carbons (Fsp3) is 0.405. The monoisotopic (exact) mass is 632 g/mol. The molecule has 6 nitrogen and oxygen atoms in total. The Bertz CT molecular complexity index is 1520. The third-order valence-corrected chi connectivity index (χ3v) is 9.38. The van der Waals surface area contributed by atoms with E-state index in [2.05, 4.69) is 46.5 Å². The Hall–Kier alpha value is -3.62. The molecule has 0 bridgehead atoms. The van der Waals surface area contributed by atoms with E-state index >= 15 is 0 Å². The Labute approximate surface area is 272 Å². The smallest absolute Gasteiger partial charge is 0.248 e. The van der Waals surface area contributed by atoms with Crippen molar-refractivity contribution in [2.75, 3.05) is 39.8 Å². The van der Waals surface area contributed by atoms with Crippen LogP contribution in [-0.2, 0) is 15.3 Å². The summed E-state index contributed by atoms with van der Waals surface area (Å²) >= 11 is 3.94. The predicted octanol–water partition coefficient (Wildman–Crippen LogP) is 7.56. The summed E-state index contributed by atoms with van der Waals surface area (Å²) in [6, 6.07) is 18.7. The molecule has 1 amide bonds. The Balaban J connectivity index is 0.000000325. The number of benzene rings is 3. The van der Waals surface area contributed by atoms with Crippen LogP contribution in [0.4, 0.5) is 10.1 Å². The van der Waals surface area contributed by atoms with Crippen molar-refractivity contribution in [3.8, 4) is 5.75 Å². The van der Waals surface area contributed by atoms with Crippen LogP contribution in [0.25, 0.3) is 11.6 Å². The molecule has 6 rings (SSSR count). The molecule has 8 heteroatoms. The lowest BCUT2D eigenvalue weighted by atomic mass is 9.78. The van der Waals surface area contributed by atoms with E-state index in [1.807, 2.05) is 25.2 Å². The summed E-state index contributed by atoms with van der Waals surface area (Å²) in [6.07, 6.45) is 10.4. The van der Waals surface area contributed by atoms with Gasteiger partial charge in [0.2, 0.25) is 5.91 Å². The van der Waals surface area contributed by atoms with Gasteiger partial charge in [0, 0.05) is 50.4 Å². The van der Waals surface area contributed by atoms with Crippen LogP contribution in [0.15, 0.2) is 60.7 Å². The van der Waals surface area contributed by atoms with Crippen LogP contribution < -0.4 is 15.4 Å². The van der Waals surface area contributed by atoms with Gasteiger partial charge in [-0.1, -0.05) is 55.7 Å². The van der Waals surface area contributed by atoms with Gasteiger partial charge in [0.15, 0.2) is 0 Å². The van der Waals surface area contributed by atoms with Gasteiger partial charge in [0.25, 0.3) is 0 Å². The Morgan fingerprint density at radius 1 is 1.07 bits per heavy atom. The molecule has 0 radical (unpaired) electrons. The summed E-state index contributed by atoms with van der Waals surface area (Å²) in [7, 11) is 6.96. The first kappa shape index (κ1) is 34.3. The third kappa shape index (κ3) is 7.97. The molecule has 3 aromatic carbocycles. The number of nitrogens with zero attached hydrogens (tertiary/aromatic N) is 1. The third-order valence-electron chi connectivity index (χ3n) is 9.04. The first-order valence-corrected chi connectivity index (χ1v) is 16.1. The molecule has 2 saturated carbocycles. The standard InChI is InChI=1S/C28H32N2O3.C7H7FS.C2H6O/c1-30-16-28(17-31)15-25(28)24-14-21(33-2)10-8-19(24)12-23(18-6-4-3-5-7-18)22-11-9-20(27(29)32)13-26(22)30;8-7-4-2-1-3-6(7)5-9;1-3-2/h8-14,17-18,25H,3-7,15-16H2,1-2H3,(H2,29,32);1-4,9H,5H2;1-2H3/b23-12+;;. The quantitative estimate of drug-likeness (QED) is 0.224. The molecule has 2 fully saturated rings. The minimum Gasteiger partial charge on any atom is -0.497 e. The number of hydrogen-bond donors (Lipinski definition) is 2. The van der Waals surface area contributed by atoms with E-state index in [1.54, 1.807) is 39.5 Å². The Morgan fingerprint density at radius 2 is 1.78 bits per heavy atom. The van der Waals surface area contributed by atoms with Crippen molar-refractivity contribution >= 4 is 42.2 Å². The minimum atomic E-state index is -0.438. The highest BCUT2D eigenvalue weighted by Crippen LogP contribution is 2.60. The van der Waals surface area contributed by atoms with E-state index in [4.69, 9.17) is 10.5 Å². The van der Waals surface area contributed by atoms with Gasteiger partial charge in [0.1, 0.15) is 17.9 Å². The zero-order valence-corrected chi connectivity index (χ0v) is 27.6. The number of carbonyl (C=O) groups excluding carboxylic acids is 2. The summed E-state index contributed by atoms with van der Waals surface area (Å²) in [5.41, 5.74) is 12.1. The minimum absolute atomic E-state index is 0.160. The number of carbonyl (C=O) groups is 2. The number of methoxy groups -OCH3 is 2. The van der Waals surface area contributed by atoms with Crippen molar-refractivity contribution < 1.29 is 23.5 Å². The molecule has 3 aromatic rings. The molecule has 2 aliphatic carbocycles. The first-order chi connectivity index (χ1) is 21.7. The van der Waals surface area contributed by atoms with Gasteiger partial charge in [-0.3, -0.25) is 4.79 Å². The highest BCUT2D eigenvalue weighted by molar-refractivity contribution is 7.79. The van der Waals surface area contributed by atoms with Crippen molar-refractivity contribution in [2.24, 2.45) is 17.1 Å². The van der Waals surface area contributed by atoms with Gasteiger partial charge in [-0.25, -0.2) is 4.39 Å². The molecule has 45 heavy (non-hydrogen) atoms. The lowest BCUT2D eigenvalue weighted by molar-refractivity contribution is -0.112. The number of ether oxygens (including phenoxy) is 2. The van der Waals surface area contributed by atoms with Crippen LogP contribution >= 0.6 is 12.6 Å². The number of primary amides is 1. The average Bonchev–Trinajstić information content (AvgIpc) is 3.78. The van der Waals surface area contributed by atoms with E-state index in [1.165, 1.54) is 54.9 Å². The number of amides is 1. The Morgan fingerprint density at radius 3 is 2.38 bits per heavy atom. The molecule has 0 saturated heterocycles. The number of aldehydes is 1. The van der Waals surface area contributed by atoms with E-state index in [-0.39, 0.29) is 11.7 Å². The van der Waals surface area contributed by atoms with Gasteiger partial charge in [-0.2, -0.15) is 12.6 Å². The zero-order valence-electron chi connectivity index (χ0n) is 26.7. The van der Waals surface area contributed by atoms with Crippen LogP contribution in [0.1, 0.15) is 77.1 Å². The molecule has 0 aromatic heterocycles. The van der Waals surface area contributed by atoms with Crippen LogP contribution in [0.3, 0.4) is 0 Å². The lowest BCUT2D eigenvalue weighted by Gasteiger charge is -2.32. The topological polar surface area (TPSA) is 81.9 Å². The molecule has 1 aliphatic heterocycles. The van der Waals surface area contributed by atoms with E-state index in [0.717, 1.165) is 29.7 Å². The van der Waals surface area contributed by atoms with Gasteiger partial charge in [-0.15, -0.1) is 0 Å². The van der Waals surface area contributed by atoms with E-state index in [0.29, 0.717) is 29.3 Å². The molecular weight excluding hydrogens is 587 g/mol. The second kappa shape index (κ2) is 15.6. The fourth-order valence-electron chi connectivity index (χ4n) is 6.59. The maximum Gasteiger partial charge on any atom is 0.248 e. The summed E-state index contributed by atoms with van der Waals surface area (Å²) in [5.74, 6) is 1.31. The van der Waals surface area contributed by atoms with Gasteiger partial charge in [0.05, 0.1) is 12.5 Å². The van der Waals surface area contributed by atoms with Crippen molar-refractivity contribution in [1.29, 1.82) is 0 Å². The number of nitrogens with two attached hydrogens (primary N) is 1. The van der Waals surface area contributed by atoms with Gasteiger partial charge >= 0.3 is 0 Å². The van der Waals surface area contributed by atoms with Crippen molar-refractivity contribution in [1.82, 2.24) is 0 Å². The molecule has 3 aliphatic rings. The average molecular weight is 633 g/mol. The van der Waals surface area contributed by atoms with E-state index in [9.17, 15) is 14.0 Å². The van der Waals surface area contributed by atoms with Crippen LogP contribution in [0.5, 0.6) is 5.75 Å². The summed E-state index contributed by atoms with van der Waals surface area (Å²) in [6.45, 7) is 0.602. The zero-order chi connectivity index (χ0) is 32.6. The van der Waals surface area contributed by atoms with Crippen molar-refractivity contribution in [3.63, 3.8) is 0 Å². The number of rotatable bonds is 5. The van der Waals surface area contributed by atoms with Crippen molar-refractivity contribution in [2.45, 2.75) is 50.2 Å². The highest BCUT2D eigenvalue weighted by atomic mass is 32.1. The summed E-state index contributed by atoms with van der Waals surface area (Å²) < 4.78 is 22.3. The second-order valence-corrected chi connectivity index (χ2v) is 12.5. The second-order valence-electron chi connectivity index (χ2n) is 12.1. The largest absolute Gasteiger partial charge is 0.497 e. The molecule has 0 spiro atoms. The molecule has 2 N–H and O–H groups in total. The number of halogens is 1. The molecule has 2 atom stereocenters. The molecule has 1 heterocycles. The number of thiol groups is 1. The maximum absolute atomic E-state index is 12.5. The van der Waals surface area contributed by atoms with Gasteiger partial charge < -0.3 is 24.9 Å². The fourth-order valence-corrected chi connectivity index (χ4v) is 6.85. The first-order valence-electron chi connectivity index (χ1n) is 15.5. The van der Waals surface area contributed by atoms with Gasteiger partial charge in [-0.05, 0) is 83.7 Å². The highest BCUT2D eigenvalue weighted by Gasteiger charge is 2.56. The maximum atomic E-state index is 12.5. The predicted molar refractivity (Wildman–Crippen MR) is 184 cm³/mol. The SMILES string of the molecule is COC.COc1ccc2c(c1)C1CC1(C=O)CN(C)c1cc(C(N)=O)ccc1/C(C1CCCCC1)=C/2.Fc1ccccc1CS. The Kier molecular flexibility index (Phi) is 11.9. The summed E-state index contributed by atoms with van der Waals surface area (Å²) in [4.78, 5) is 26.5. The van der Waals surface area contributed by atoms with E-state index < -0.39 is 11.3 Å².